The van der Waals surface area contributed by atoms with Crippen molar-refractivity contribution in [3.05, 3.63) is 34.3 Å². The molecule has 18 heavy (non-hydrogen) atoms. The Hall–Kier alpha value is -0.380. The zero-order chi connectivity index (χ0) is 13.0. The summed E-state index contributed by atoms with van der Waals surface area (Å²) in [5, 5.41) is 3.48. The quantitative estimate of drug-likeness (QED) is 0.894. The van der Waals surface area contributed by atoms with Crippen LogP contribution in [-0.4, -0.2) is 30.6 Å². The van der Waals surface area contributed by atoms with E-state index in [4.69, 9.17) is 0 Å². The maximum Gasteiger partial charge on any atom is 0.0349 e. The molecule has 2 atom stereocenters. The minimum atomic E-state index is 0.539. The van der Waals surface area contributed by atoms with E-state index in [0.717, 1.165) is 19.6 Å². The summed E-state index contributed by atoms with van der Waals surface area (Å²) in [7, 11) is 0. The van der Waals surface area contributed by atoms with Crippen molar-refractivity contribution in [2.24, 2.45) is 0 Å². The fourth-order valence-corrected chi connectivity index (χ4v) is 3.45. The van der Waals surface area contributed by atoms with Gasteiger partial charge in [0.15, 0.2) is 0 Å². The Morgan fingerprint density at radius 2 is 2.28 bits per heavy atom. The first-order chi connectivity index (χ1) is 8.76. The van der Waals surface area contributed by atoms with Gasteiger partial charge in [-0.1, -0.05) is 41.9 Å². The van der Waals surface area contributed by atoms with Crippen LogP contribution < -0.4 is 5.32 Å². The molecule has 0 aromatic heterocycles. The fourth-order valence-electron chi connectivity index (χ4n) is 3.03. The van der Waals surface area contributed by atoms with Crippen molar-refractivity contribution in [2.75, 3.05) is 19.6 Å². The third-order valence-corrected chi connectivity index (χ3v) is 4.38. The molecule has 2 rings (SSSR count). The second-order valence-electron chi connectivity index (χ2n) is 4.96. The van der Waals surface area contributed by atoms with E-state index in [1.165, 1.54) is 22.9 Å². The molecule has 1 aromatic rings. The van der Waals surface area contributed by atoms with Crippen molar-refractivity contribution >= 4 is 15.9 Å². The number of nitrogens with zero attached hydrogens (tertiary/aromatic N) is 1. The minimum absolute atomic E-state index is 0.539. The van der Waals surface area contributed by atoms with Crippen molar-refractivity contribution in [3.63, 3.8) is 0 Å². The van der Waals surface area contributed by atoms with Gasteiger partial charge in [0.2, 0.25) is 0 Å². The van der Waals surface area contributed by atoms with Crippen molar-refractivity contribution in [3.8, 4) is 0 Å². The van der Waals surface area contributed by atoms with Crippen LogP contribution >= 0.6 is 15.9 Å². The second-order valence-corrected chi connectivity index (χ2v) is 5.87. The van der Waals surface area contributed by atoms with Crippen molar-refractivity contribution in [1.82, 2.24) is 10.2 Å². The van der Waals surface area contributed by atoms with Gasteiger partial charge in [0.05, 0.1) is 0 Å². The molecule has 100 valence electrons. The van der Waals surface area contributed by atoms with E-state index in [0.29, 0.717) is 12.1 Å². The molecule has 2 unspecified atom stereocenters. The highest BCUT2D eigenvalue weighted by Crippen LogP contribution is 2.29. The van der Waals surface area contributed by atoms with Gasteiger partial charge in [0.25, 0.3) is 0 Å². The summed E-state index contributed by atoms with van der Waals surface area (Å²) in [6.45, 7) is 7.99. The van der Waals surface area contributed by atoms with Crippen LogP contribution in [0.1, 0.15) is 38.3 Å². The Kier molecular flexibility index (Phi) is 5.22. The van der Waals surface area contributed by atoms with E-state index in [1.807, 2.05) is 0 Å². The van der Waals surface area contributed by atoms with Crippen LogP contribution in [0.15, 0.2) is 28.7 Å². The number of rotatable bonds is 5. The number of hydrogen-bond acceptors (Lipinski definition) is 2. The first-order valence-corrected chi connectivity index (χ1v) is 7.77. The standard InChI is InChI=1S/C15H23BrN2/c1-3-15(12-6-5-7-13(16)10-12)18(4-2)14-8-9-17-11-14/h5-7,10,14-15,17H,3-4,8-9,11H2,1-2H3. The highest BCUT2D eigenvalue weighted by Gasteiger charge is 2.27. The molecule has 1 aliphatic rings. The van der Waals surface area contributed by atoms with E-state index < -0.39 is 0 Å². The van der Waals surface area contributed by atoms with Crippen LogP contribution in [0.4, 0.5) is 0 Å². The number of hydrogen-bond donors (Lipinski definition) is 1. The molecule has 1 fully saturated rings. The predicted molar refractivity (Wildman–Crippen MR) is 80.8 cm³/mol. The van der Waals surface area contributed by atoms with Crippen LogP contribution in [-0.2, 0) is 0 Å². The monoisotopic (exact) mass is 310 g/mol. The van der Waals surface area contributed by atoms with Crippen molar-refractivity contribution in [2.45, 2.75) is 38.8 Å². The summed E-state index contributed by atoms with van der Waals surface area (Å²) in [4.78, 5) is 2.65. The first kappa shape index (κ1) is 14.0. The van der Waals surface area contributed by atoms with Gasteiger partial charge in [-0.2, -0.15) is 0 Å². The van der Waals surface area contributed by atoms with E-state index in [9.17, 15) is 0 Å². The zero-order valence-corrected chi connectivity index (χ0v) is 12.9. The Morgan fingerprint density at radius 1 is 1.44 bits per heavy atom. The highest BCUT2D eigenvalue weighted by atomic mass is 79.9. The van der Waals surface area contributed by atoms with E-state index in [1.54, 1.807) is 0 Å². The molecule has 1 N–H and O–H groups in total. The number of halogens is 1. The van der Waals surface area contributed by atoms with Gasteiger partial charge in [0, 0.05) is 23.1 Å². The van der Waals surface area contributed by atoms with E-state index in [-0.39, 0.29) is 0 Å². The Bertz CT molecular complexity index is 375. The molecule has 3 heteroatoms. The lowest BCUT2D eigenvalue weighted by Crippen LogP contribution is -2.39. The molecule has 2 nitrogen and oxygen atoms in total. The Balaban J connectivity index is 2.19. The lowest BCUT2D eigenvalue weighted by atomic mass is 10.0. The topological polar surface area (TPSA) is 15.3 Å². The van der Waals surface area contributed by atoms with E-state index in [2.05, 4.69) is 64.3 Å². The Morgan fingerprint density at radius 3 is 2.83 bits per heavy atom. The average Bonchev–Trinajstić information content (AvgIpc) is 2.89. The van der Waals surface area contributed by atoms with Gasteiger partial charge in [0.1, 0.15) is 0 Å². The van der Waals surface area contributed by atoms with Gasteiger partial charge in [-0.25, -0.2) is 0 Å². The van der Waals surface area contributed by atoms with Crippen LogP contribution in [0.5, 0.6) is 0 Å². The van der Waals surface area contributed by atoms with Crippen LogP contribution in [0.25, 0.3) is 0 Å². The third kappa shape index (κ3) is 3.14. The molecule has 0 amide bonds. The van der Waals surface area contributed by atoms with Crippen molar-refractivity contribution in [1.29, 1.82) is 0 Å². The fraction of sp³-hybridized carbons (Fsp3) is 0.600. The normalized spacial score (nSPS) is 21.4. The summed E-state index contributed by atoms with van der Waals surface area (Å²) < 4.78 is 1.18. The molecular weight excluding hydrogens is 288 g/mol. The van der Waals surface area contributed by atoms with Crippen molar-refractivity contribution < 1.29 is 0 Å². The SMILES string of the molecule is CCC(c1cccc(Br)c1)N(CC)C1CCNC1. The average molecular weight is 311 g/mol. The van der Waals surface area contributed by atoms with Gasteiger partial charge in [-0.05, 0) is 43.6 Å². The van der Waals surface area contributed by atoms with Crippen LogP contribution in [0, 0.1) is 0 Å². The lowest BCUT2D eigenvalue weighted by molar-refractivity contribution is 0.147. The Labute approximate surface area is 119 Å². The van der Waals surface area contributed by atoms with Crippen LogP contribution in [0.3, 0.4) is 0 Å². The van der Waals surface area contributed by atoms with Crippen LogP contribution in [0.2, 0.25) is 0 Å². The largest absolute Gasteiger partial charge is 0.315 e. The molecule has 1 aliphatic heterocycles. The maximum absolute atomic E-state index is 3.58. The number of benzene rings is 1. The second kappa shape index (κ2) is 6.69. The molecule has 1 heterocycles. The molecule has 0 spiro atoms. The lowest BCUT2D eigenvalue weighted by Gasteiger charge is -2.35. The molecule has 1 saturated heterocycles. The van der Waals surface area contributed by atoms with Gasteiger partial charge < -0.3 is 5.32 Å². The highest BCUT2D eigenvalue weighted by molar-refractivity contribution is 9.10. The van der Waals surface area contributed by atoms with E-state index >= 15 is 0 Å². The van der Waals surface area contributed by atoms with Gasteiger partial charge in [-0.15, -0.1) is 0 Å². The summed E-state index contributed by atoms with van der Waals surface area (Å²) in [6, 6.07) is 9.99. The number of nitrogens with one attached hydrogen (secondary N) is 1. The van der Waals surface area contributed by atoms with Gasteiger partial charge in [-0.3, -0.25) is 4.90 Å². The first-order valence-electron chi connectivity index (χ1n) is 6.98. The summed E-state index contributed by atoms with van der Waals surface area (Å²) in [5.41, 5.74) is 1.43. The number of likely N-dealkylation sites (N-methyl/N-ethyl adjacent to an activating group) is 1. The third-order valence-electron chi connectivity index (χ3n) is 3.89. The summed E-state index contributed by atoms with van der Waals surface area (Å²) in [5.74, 6) is 0. The summed E-state index contributed by atoms with van der Waals surface area (Å²) in [6.07, 6.45) is 2.44. The summed E-state index contributed by atoms with van der Waals surface area (Å²) >= 11 is 3.58. The maximum atomic E-state index is 3.58. The molecule has 1 aromatic carbocycles. The predicted octanol–water partition coefficient (Wildman–Crippen LogP) is 3.58. The molecule has 0 saturated carbocycles. The van der Waals surface area contributed by atoms with Gasteiger partial charge >= 0.3 is 0 Å². The molecule has 0 radical (unpaired) electrons. The molecular formula is C15H23BrN2. The minimum Gasteiger partial charge on any atom is -0.315 e. The zero-order valence-electron chi connectivity index (χ0n) is 11.3. The smallest absolute Gasteiger partial charge is 0.0349 e. The molecule has 0 aliphatic carbocycles. The molecule has 0 bridgehead atoms.